The van der Waals surface area contributed by atoms with Crippen LogP contribution in [0.5, 0.6) is 23.0 Å². The predicted octanol–water partition coefficient (Wildman–Crippen LogP) is 16.4. The summed E-state index contributed by atoms with van der Waals surface area (Å²) in [5, 5.41) is 2.21. The van der Waals surface area contributed by atoms with Gasteiger partial charge in [-0.25, -0.2) is 15.0 Å². The smallest absolute Gasteiger partial charge is 0.178 e. The van der Waals surface area contributed by atoms with E-state index in [0.717, 1.165) is 83.3 Å². The zero-order chi connectivity index (χ0) is 46.2. The van der Waals surface area contributed by atoms with Crippen LogP contribution in [-0.2, 0) is 5.41 Å². The number of ether oxygens (including phenoxy) is 2. The van der Waals surface area contributed by atoms with Crippen LogP contribution < -0.4 is 9.47 Å². The Morgan fingerprint density at radius 2 is 0.857 bits per heavy atom. The van der Waals surface area contributed by atoms with Crippen molar-refractivity contribution in [2.75, 3.05) is 0 Å². The number of benzene rings is 10. The molecule has 0 amide bonds. The minimum Gasteiger partial charge on any atom is -0.455 e. The number of para-hydroxylation sites is 2. The fraction of sp³-hybridized carbons (Fsp3) is 0.0156. The number of fused-ring (bicyclic) bond motifs is 9. The molecule has 0 bridgehead atoms. The first kappa shape index (κ1) is 39.7. The summed E-state index contributed by atoms with van der Waals surface area (Å²) in [6, 6.07) is 81.9. The van der Waals surface area contributed by atoms with Crippen molar-refractivity contribution in [3.8, 4) is 90.5 Å². The molecule has 1 aliphatic carbocycles. The van der Waals surface area contributed by atoms with E-state index in [1.165, 1.54) is 16.7 Å². The molecule has 3 heterocycles. The first-order valence-corrected chi connectivity index (χ1v) is 23.5. The van der Waals surface area contributed by atoms with Crippen LogP contribution in [-0.4, -0.2) is 15.0 Å². The highest BCUT2D eigenvalue weighted by Crippen LogP contribution is 2.62. The molecule has 6 nitrogen and oxygen atoms in total. The van der Waals surface area contributed by atoms with E-state index in [2.05, 4.69) is 182 Å². The van der Waals surface area contributed by atoms with Crippen LogP contribution in [0, 0.1) is 0 Å². The zero-order valence-electron chi connectivity index (χ0n) is 37.6. The van der Waals surface area contributed by atoms with E-state index in [1.54, 1.807) is 0 Å². The van der Waals surface area contributed by atoms with E-state index in [4.69, 9.17) is 28.8 Å². The van der Waals surface area contributed by atoms with Crippen LogP contribution in [0.4, 0.5) is 0 Å². The van der Waals surface area contributed by atoms with Gasteiger partial charge in [0.2, 0.25) is 0 Å². The van der Waals surface area contributed by atoms with Crippen LogP contribution in [0.3, 0.4) is 0 Å². The average molecular weight is 898 g/mol. The molecule has 328 valence electrons. The molecule has 0 unspecified atom stereocenters. The minimum absolute atomic E-state index is 0.547. The first-order chi connectivity index (χ1) is 34.7. The van der Waals surface area contributed by atoms with Crippen LogP contribution in [0.1, 0.15) is 22.3 Å². The third-order valence-electron chi connectivity index (χ3n) is 13.9. The molecule has 2 aliphatic rings. The van der Waals surface area contributed by atoms with Crippen molar-refractivity contribution in [2.45, 2.75) is 5.41 Å². The molecule has 2 aromatic heterocycles. The average Bonchev–Trinajstić information content (AvgIpc) is 3.98. The van der Waals surface area contributed by atoms with Crippen LogP contribution in [0.25, 0.3) is 89.5 Å². The summed E-state index contributed by atoms with van der Waals surface area (Å²) >= 11 is 0. The number of aromatic nitrogens is 3. The largest absolute Gasteiger partial charge is 0.455 e. The van der Waals surface area contributed by atoms with Gasteiger partial charge < -0.3 is 13.9 Å². The Bertz CT molecular complexity index is 3940. The van der Waals surface area contributed by atoms with Crippen LogP contribution in [0.2, 0.25) is 0 Å². The summed E-state index contributed by atoms with van der Waals surface area (Å²) in [5.74, 6) is 4.52. The maximum atomic E-state index is 7.01. The molecule has 1 aliphatic heterocycles. The third kappa shape index (κ3) is 6.24. The summed E-state index contributed by atoms with van der Waals surface area (Å²) in [6.07, 6.45) is 0. The Morgan fingerprint density at radius 3 is 1.56 bits per heavy atom. The fourth-order valence-corrected chi connectivity index (χ4v) is 10.7. The molecular weight excluding hydrogens is 859 g/mol. The molecular formula is C64H39N3O3. The van der Waals surface area contributed by atoms with E-state index in [9.17, 15) is 0 Å². The van der Waals surface area contributed by atoms with Crippen LogP contribution >= 0.6 is 0 Å². The Kier molecular flexibility index (Phi) is 9.01. The fourth-order valence-electron chi connectivity index (χ4n) is 10.7. The first-order valence-electron chi connectivity index (χ1n) is 23.5. The molecule has 12 aromatic rings. The van der Waals surface area contributed by atoms with Gasteiger partial charge in [-0.3, -0.25) is 0 Å². The minimum atomic E-state index is -0.547. The lowest BCUT2D eigenvalue weighted by molar-refractivity contribution is 0.360. The molecule has 6 heteroatoms. The summed E-state index contributed by atoms with van der Waals surface area (Å²) in [6.45, 7) is 0. The predicted molar refractivity (Wildman–Crippen MR) is 278 cm³/mol. The summed E-state index contributed by atoms with van der Waals surface area (Å²) in [5.41, 5.74) is 14.9. The Labute approximate surface area is 403 Å². The van der Waals surface area contributed by atoms with Gasteiger partial charge in [-0.05, 0) is 68.8 Å². The van der Waals surface area contributed by atoms with Crippen molar-refractivity contribution in [3.63, 3.8) is 0 Å². The van der Waals surface area contributed by atoms with E-state index in [-0.39, 0.29) is 0 Å². The molecule has 0 atom stereocenters. The Balaban J connectivity index is 0.804. The van der Waals surface area contributed by atoms with Gasteiger partial charge >= 0.3 is 0 Å². The number of hydrogen-bond acceptors (Lipinski definition) is 6. The number of rotatable bonds is 7. The van der Waals surface area contributed by atoms with Gasteiger partial charge in [-0.15, -0.1) is 0 Å². The maximum absolute atomic E-state index is 7.01. The van der Waals surface area contributed by atoms with Gasteiger partial charge in [0.05, 0.1) is 5.41 Å². The van der Waals surface area contributed by atoms with Gasteiger partial charge in [0.1, 0.15) is 11.2 Å². The number of nitrogens with zero attached hydrogens (tertiary/aromatic N) is 3. The lowest BCUT2D eigenvalue weighted by Gasteiger charge is -2.34. The molecule has 0 saturated heterocycles. The number of hydrogen-bond donors (Lipinski definition) is 0. The molecule has 70 heavy (non-hydrogen) atoms. The number of furan rings is 1. The maximum Gasteiger partial charge on any atom is 0.178 e. The molecule has 0 saturated carbocycles. The zero-order valence-corrected chi connectivity index (χ0v) is 37.6. The van der Waals surface area contributed by atoms with Gasteiger partial charge in [0, 0.05) is 38.6 Å². The van der Waals surface area contributed by atoms with Gasteiger partial charge in [-0.1, -0.05) is 212 Å². The second kappa shape index (κ2) is 15.9. The quantitative estimate of drug-likeness (QED) is 0.159. The van der Waals surface area contributed by atoms with E-state index < -0.39 is 5.41 Å². The Morgan fingerprint density at radius 1 is 0.329 bits per heavy atom. The second-order valence-corrected chi connectivity index (χ2v) is 17.8. The normalized spacial score (nSPS) is 12.9. The Hall–Kier alpha value is -9.39. The standard InChI is InChI=1S/C64H39N3O3/c1-4-15-42(16-5-1)61-65-62(67-63(66-61)44-33-29-41(30-34-44)48-23-14-24-50-49-21-11-13-26-54(49)69-59(48)50)43-31-27-40(28-32-43)45-35-37-55-57(39-45)70-60-56(68-55)38-36-53-58(60)51-22-10-12-25-52(51)64(53,46-17-6-2-7-18-46)47-19-8-3-9-20-47/h1-39H. The van der Waals surface area contributed by atoms with Crippen molar-refractivity contribution in [1.82, 2.24) is 15.0 Å². The lowest BCUT2D eigenvalue weighted by Crippen LogP contribution is -2.28. The topological polar surface area (TPSA) is 70.3 Å². The molecule has 0 N–H and O–H groups in total. The second-order valence-electron chi connectivity index (χ2n) is 17.8. The highest BCUT2D eigenvalue weighted by molar-refractivity contribution is 6.09. The van der Waals surface area contributed by atoms with Gasteiger partial charge in [0.25, 0.3) is 0 Å². The van der Waals surface area contributed by atoms with E-state index in [0.29, 0.717) is 34.7 Å². The molecule has 0 radical (unpaired) electrons. The third-order valence-corrected chi connectivity index (χ3v) is 13.9. The lowest BCUT2D eigenvalue weighted by atomic mass is 9.68. The summed E-state index contributed by atoms with van der Waals surface area (Å²) < 4.78 is 20.0. The molecule has 0 fully saturated rings. The summed E-state index contributed by atoms with van der Waals surface area (Å²) in [4.78, 5) is 15.1. The van der Waals surface area contributed by atoms with Gasteiger partial charge in [-0.2, -0.15) is 0 Å². The van der Waals surface area contributed by atoms with E-state index in [1.807, 2.05) is 54.6 Å². The highest BCUT2D eigenvalue weighted by atomic mass is 16.6. The van der Waals surface area contributed by atoms with Crippen molar-refractivity contribution in [2.24, 2.45) is 0 Å². The van der Waals surface area contributed by atoms with Crippen molar-refractivity contribution in [3.05, 3.63) is 259 Å². The SMILES string of the molecule is c1ccc(-c2nc(-c3ccc(-c4ccc5c(c4)Oc4c(ccc6c4-c4ccccc4C6(c4ccccc4)c4ccccc4)O5)cc3)nc(-c3ccc(-c4cccc5c4oc4ccccc45)cc3)n2)cc1. The van der Waals surface area contributed by atoms with Crippen molar-refractivity contribution in [1.29, 1.82) is 0 Å². The highest BCUT2D eigenvalue weighted by Gasteiger charge is 2.48. The molecule has 10 aromatic carbocycles. The molecule has 14 rings (SSSR count). The van der Waals surface area contributed by atoms with Crippen molar-refractivity contribution >= 4 is 21.9 Å². The summed E-state index contributed by atoms with van der Waals surface area (Å²) in [7, 11) is 0. The van der Waals surface area contributed by atoms with E-state index >= 15 is 0 Å². The monoisotopic (exact) mass is 897 g/mol. The van der Waals surface area contributed by atoms with Crippen LogP contribution in [0.15, 0.2) is 241 Å². The van der Waals surface area contributed by atoms with Crippen molar-refractivity contribution < 1.29 is 13.9 Å². The van der Waals surface area contributed by atoms with Gasteiger partial charge in [0.15, 0.2) is 40.5 Å². The molecule has 0 spiro atoms.